The third-order valence-electron chi connectivity index (χ3n) is 3.99. The monoisotopic (exact) mass is 479 g/mol. The van der Waals surface area contributed by atoms with Crippen LogP contribution in [0.4, 0.5) is 11.4 Å². The second kappa shape index (κ2) is 11.2. The number of non-ortho nitro benzene ring substituents is 1. The standard InChI is InChI=1S/C20H19Cl2N5O5/c1-11(28)24-20-15(21)7-12(8-16(20)22)9-18(23)25-19(29)10-17(26-32-2)13-3-5-14(6-4-13)27(30)31/h3-8H,9-10H2,1-2H3,(H,24,28)(H2,23,25,29)/b26-17+. The Balaban J connectivity index is 2.13. The SMILES string of the molecule is CO/N=C(\CC(=O)/N=C(\N)Cc1cc(Cl)c(NC(C)=O)c(Cl)c1)c1ccc([N+](=O)[O-])cc1. The van der Waals surface area contributed by atoms with E-state index in [0.29, 0.717) is 11.1 Å². The molecule has 2 aromatic rings. The van der Waals surface area contributed by atoms with Crippen LogP contribution < -0.4 is 11.1 Å². The van der Waals surface area contributed by atoms with Gasteiger partial charge < -0.3 is 15.9 Å². The van der Waals surface area contributed by atoms with Gasteiger partial charge in [-0.25, -0.2) is 4.99 Å². The number of anilines is 1. The molecule has 0 heterocycles. The third kappa shape index (κ3) is 7.03. The number of amides is 2. The molecule has 0 fully saturated rings. The van der Waals surface area contributed by atoms with E-state index in [2.05, 4.69) is 15.5 Å². The minimum absolute atomic E-state index is 0.00915. The first-order valence-electron chi connectivity index (χ1n) is 9.07. The van der Waals surface area contributed by atoms with Crippen LogP contribution in [0.3, 0.4) is 0 Å². The smallest absolute Gasteiger partial charge is 0.269 e. The van der Waals surface area contributed by atoms with E-state index in [1.165, 1.54) is 38.3 Å². The number of nitrogens with one attached hydrogen (secondary N) is 1. The molecule has 0 aliphatic rings. The molecule has 2 amide bonds. The highest BCUT2D eigenvalue weighted by Crippen LogP contribution is 2.32. The van der Waals surface area contributed by atoms with Gasteiger partial charge in [-0.05, 0) is 29.8 Å². The van der Waals surface area contributed by atoms with Crippen molar-refractivity contribution in [2.75, 3.05) is 12.4 Å². The molecule has 0 aliphatic carbocycles. The second-order valence-corrected chi connectivity index (χ2v) is 7.31. The average Bonchev–Trinajstić information content (AvgIpc) is 2.70. The highest BCUT2D eigenvalue weighted by Gasteiger charge is 2.14. The molecule has 0 bridgehead atoms. The molecular formula is C20H19Cl2N5O5. The van der Waals surface area contributed by atoms with Crippen LogP contribution in [0.2, 0.25) is 10.0 Å². The lowest BCUT2D eigenvalue weighted by Crippen LogP contribution is -2.19. The molecule has 12 heteroatoms. The third-order valence-corrected chi connectivity index (χ3v) is 4.58. The summed E-state index contributed by atoms with van der Waals surface area (Å²) in [4.78, 5) is 42.5. The fourth-order valence-electron chi connectivity index (χ4n) is 2.69. The lowest BCUT2D eigenvalue weighted by molar-refractivity contribution is -0.384. The van der Waals surface area contributed by atoms with Gasteiger partial charge in [0.25, 0.3) is 11.6 Å². The van der Waals surface area contributed by atoms with Crippen LogP contribution in [-0.2, 0) is 20.8 Å². The molecule has 0 atom stereocenters. The summed E-state index contributed by atoms with van der Waals surface area (Å²) in [6.07, 6.45) is -0.158. The summed E-state index contributed by atoms with van der Waals surface area (Å²) in [5, 5.41) is 17.6. The Hall–Kier alpha value is -3.50. The molecule has 0 saturated carbocycles. The molecule has 2 aromatic carbocycles. The Morgan fingerprint density at radius 2 is 1.78 bits per heavy atom. The van der Waals surface area contributed by atoms with Gasteiger partial charge in [0.15, 0.2) is 0 Å². The van der Waals surface area contributed by atoms with Gasteiger partial charge in [0, 0.05) is 31.0 Å². The van der Waals surface area contributed by atoms with Crippen molar-refractivity contribution in [1.82, 2.24) is 0 Å². The number of amidine groups is 1. The Morgan fingerprint density at radius 1 is 1.19 bits per heavy atom. The largest absolute Gasteiger partial charge is 0.399 e. The molecule has 168 valence electrons. The molecular weight excluding hydrogens is 461 g/mol. The van der Waals surface area contributed by atoms with Gasteiger partial charge in [-0.1, -0.05) is 28.4 Å². The number of carbonyl (C=O) groups is 2. The molecule has 0 aliphatic heterocycles. The van der Waals surface area contributed by atoms with Crippen molar-refractivity contribution in [3.05, 3.63) is 67.7 Å². The van der Waals surface area contributed by atoms with Gasteiger partial charge in [0.1, 0.15) is 12.9 Å². The predicted molar refractivity (Wildman–Crippen MR) is 122 cm³/mol. The summed E-state index contributed by atoms with van der Waals surface area (Å²) in [5.74, 6) is -0.909. The normalized spacial score (nSPS) is 11.8. The number of nitro benzene ring substituents is 1. The maximum Gasteiger partial charge on any atom is 0.269 e. The predicted octanol–water partition coefficient (Wildman–Crippen LogP) is 3.73. The minimum atomic E-state index is -0.594. The van der Waals surface area contributed by atoms with Crippen LogP contribution in [0.5, 0.6) is 0 Å². The number of rotatable bonds is 8. The summed E-state index contributed by atoms with van der Waals surface area (Å²) < 4.78 is 0. The van der Waals surface area contributed by atoms with E-state index in [-0.39, 0.29) is 51.7 Å². The van der Waals surface area contributed by atoms with Crippen molar-refractivity contribution >= 4 is 57.9 Å². The highest BCUT2D eigenvalue weighted by atomic mass is 35.5. The zero-order valence-electron chi connectivity index (χ0n) is 17.1. The number of nitrogens with two attached hydrogens (primary N) is 1. The Labute approximate surface area is 193 Å². The topological polar surface area (TPSA) is 149 Å². The van der Waals surface area contributed by atoms with Crippen LogP contribution >= 0.6 is 23.2 Å². The number of aliphatic imine (C=N–C) groups is 1. The maximum absolute atomic E-state index is 12.4. The number of hydrogen-bond donors (Lipinski definition) is 2. The summed E-state index contributed by atoms with van der Waals surface area (Å²) in [6, 6.07) is 8.61. The number of benzene rings is 2. The van der Waals surface area contributed by atoms with Crippen LogP contribution in [0.15, 0.2) is 46.5 Å². The zero-order chi connectivity index (χ0) is 23.8. The van der Waals surface area contributed by atoms with Crippen molar-refractivity contribution in [3.63, 3.8) is 0 Å². The average molecular weight is 480 g/mol. The van der Waals surface area contributed by atoms with E-state index in [0.717, 1.165) is 0 Å². The van der Waals surface area contributed by atoms with Crippen molar-refractivity contribution in [2.45, 2.75) is 19.8 Å². The summed E-state index contributed by atoms with van der Waals surface area (Å²) in [6.45, 7) is 1.33. The molecule has 0 aromatic heterocycles. The van der Waals surface area contributed by atoms with Crippen molar-refractivity contribution in [2.24, 2.45) is 15.9 Å². The Kier molecular flexibility index (Phi) is 8.68. The number of carbonyl (C=O) groups excluding carboxylic acids is 2. The number of nitrogens with zero attached hydrogens (tertiary/aromatic N) is 3. The summed E-state index contributed by atoms with van der Waals surface area (Å²) in [5.41, 5.74) is 7.36. The lowest BCUT2D eigenvalue weighted by atomic mass is 10.1. The molecule has 2 rings (SSSR count). The Morgan fingerprint density at radius 3 is 2.28 bits per heavy atom. The van der Waals surface area contributed by atoms with E-state index in [4.69, 9.17) is 33.8 Å². The van der Waals surface area contributed by atoms with Crippen LogP contribution in [0.25, 0.3) is 0 Å². The summed E-state index contributed by atoms with van der Waals surface area (Å²) in [7, 11) is 1.31. The molecule has 0 saturated heterocycles. The molecule has 3 N–H and O–H groups in total. The number of nitro groups is 1. The first kappa shape index (κ1) is 24.8. The number of hydrogen-bond acceptors (Lipinski definition) is 6. The van der Waals surface area contributed by atoms with Gasteiger partial charge in [-0.2, -0.15) is 0 Å². The van der Waals surface area contributed by atoms with Crippen molar-refractivity contribution < 1.29 is 19.3 Å². The maximum atomic E-state index is 12.4. The van der Waals surface area contributed by atoms with Crippen LogP contribution in [0, 0.1) is 10.1 Å². The van der Waals surface area contributed by atoms with Gasteiger partial charge >= 0.3 is 0 Å². The van der Waals surface area contributed by atoms with E-state index >= 15 is 0 Å². The minimum Gasteiger partial charge on any atom is -0.399 e. The first-order valence-corrected chi connectivity index (χ1v) is 9.82. The quantitative estimate of drug-likeness (QED) is 0.255. The van der Waals surface area contributed by atoms with Crippen LogP contribution in [0.1, 0.15) is 24.5 Å². The lowest BCUT2D eigenvalue weighted by Gasteiger charge is -2.10. The van der Waals surface area contributed by atoms with E-state index in [9.17, 15) is 19.7 Å². The van der Waals surface area contributed by atoms with Crippen molar-refractivity contribution in [1.29, 1.82) is 0 Å². The fraction of sp³-hybridized carbons (Fsp3) is 0.200. The van der Waals surface area contributed by atoms with Gasteiger partial charge in [-0.3, -0.25) is 19.7 Å². The molecule has 10 nitrogen and oxygen atoms in total. The number of halogens is 2. The first-order chi connectivity index (χ1) is 15.1. The molecule has 0 unspecified atom stereocenters. The fourth-order valence-corrected chi connectivity index (χ4v) is 3.31. The van der Waals surface area contributed by atoms with Gasteiger partial charge in [0.05, 0.1) is 32.8 Å². The Bertz CT molecular complexity index is 1080. The van der Waals surface area contributed by atoms with E-state index in [1.54, 1.807) is 12.1 Å². The van der Waals surface area contributed by atoms with Gasteiger partial charge in [-0.15, -0.1) is 0 Å². The molecule has 32 heavy (non-hydrogen) atoms. The second-order valence-electron chi connectivity index (χ2n) is 6.49. The van der Waals surface area contributed by atoms with Crippen LogP contribution in [-0.4, -0.2) is 35.4 Å². The van der Waals surface area contributed by atoms with Gasteiger partial charge in [0.2, 0.25) is 5.91 Å². The summed E-state index contributed by atoms with van der Waals surface area (Å²) >= 11 is 12.3. The zero-order valence-corrected chi connectivity index (χ0v) is 18.6. The number of oxime groups is 1. The van der Waals surface area contributed by atoms with Crippen molar-refractivity contribution in [3.8, 4) is 0 Å². The molecule has 0 spiro atoms. The van der Waals surface area contributed by atoms with E-state index < -0.39 is 10.8 Å². The van der Waals surface area contributed by atoms with E-state index in [1.807, 2.05) is 0 Å². The molecule has 0 radical (unpaired) electrons. The highest BCUT2D eigenvalue weighted by molar-refractivity contribution is 6.39.